The van der Waals surface area contributed by atoms with E-state index in [1.54, 1.807) is 11.0 Å². The van der Waals surface area contributed by atoms with Gasteiger partial charge in [0.25, 0.3) is 5.91 Å². The van der Waals surface area contributed by atoms with Gasteiger partial charge in [0, 0.05) is 12.4 Å². The molecule has 2 aromatic rings. The maximum atomic E-state index is 15.0. The van der Waals surface area contributed by atoms with E-state index in [0.29, 0.717) is 19.4 Å². The predicted molar refractivity (Wildman–Crippen MR) is 120 cm³/mol. The Labute approximate surface area is 186 Å². The molecule has 166 valence electrons. The number of alkyl halides is 1. The Kier molecular flexibility index (Phi) is 7.25. The fourth-order valence-corrected chi connectivity index (χ4v) is 5.10. The minimum absolute atomic E-state index is 0.0783. The number of amides is 1. The number of nitrogens with one attached hydrogen (secondary N) is 1. The van der Waals surface area contributed by atoms with E-state index in [4.69, 9.17) is 4.74 Å². The van der Waals surface area contributed by atoms with Crippen LogP contribution in [0, 0.1) is 5.82 Å². The summed E-state index contributed by atoms with van der Waals surface area (Å²) in [7, 11) is 0. The summed E-state index contributed by atoms with van der Waals surface area (Å²) >= 11 is 1.47. The van der Waals surface area contributed by atoms with Crippen molar-refractivity contribution in [3.63, 3.8) is 0 Å². The Morgan fingerprint density at radius 3 is 2.71 bits per heavy atom. The number of hydrogen-bond donors (Lipinski definition) is 1. The highest BCUT2D eigenvalue weighted by Crippen LogP contribution is 2.30. The molecule has 7 heteroatoms. The molecule has 1 N–H and O–H groups in total. The molecule has 2 saturated heterocycles. The van der Waals surface area contributed by atoms with Crippen molar-refractivity contribution in [1.82, 2.24) is 9.62 Å². The first-order valence-electron chi connectivity index (χ1n) is 10.8. The number of carbonyl (C=O) groups is 1. The topological polar surface area (TPSA) is 41.6 Å². The molecule has 0 radical (unpaired) electrons. The molecular weight excluding hydrogens is 418 g/mol. The number of halogens is 2. The van der Waals surface area contributed by atoms with Crippen molar-refractivity contribution in [1.29, 1.82) is 0 Å². The summed E-state index contributed by atoms with van der Waals surface area (Å²) in [6.45, 7) is 2.67. The highest BCUT2D eigenvalue weighted by molar-refractivity contribution is 7.97. The van der Waals surface area contributed by atoms with Crippen molar-refractivity contribution in [2.75, 3.05) is 18.9 Å². The van der Waals surface area contributed by atoms with Gasteiger partial charge in [-0.15, -0.1) is 0 Å². The van der Waals surface area contributed by atoms with E-state index in [9.17, 15) is 13.6 Å². The van der Waals surface area contributed by atoms with E-state index in [1.165, 1.54) is 24.1 Å². The van der Waals surface area contributed by atoms with Gasteiger partial charge in [-0.2, -0.15) is 0 Å². The van der Waals surface area contributed by atoms with Crippen LogP contribution in [0.3, 0.4) is 0 Å². The Morgan fingerprint density at radius 2 is 2.00 bits per heavy atom. The van der Waals surface area contributed by atoms with Gasteiger partial charge in [-0.05, 0) is 48.1 Å². The molecule has 2 aromatic carbocycles. The maximum Gasteiger partial charge on any atom is 0.252 e. The highest BCUT2D eigenvalue weighted by Gasteiger charge is 2.46. The lowest BCUT2D eigenvalue weighted by Gasteiger charge is -2.30. The van der Waals surface area contributed by atoms with Crippen LogP contribution in [-0.2, 0) is 16.0 Å². The van der Waals surface area contributed by atoms with Crippen LogP contribution in [0.2, 0.25) is 0 Å². The third-order valence-electron chi connectivity index (χ3n) is 5.96. The van der Waals surface area contributed by atoms with Crippen LogP contribution in [0.1, 0.15) is 25.3 Å². The Bertz CT molecular complexity index is 907. The summed E-state index contributed by atoms with van der Waals surface area (Å²) in [5.74, 6) is 0.412. The summed E-state index contributed by atoms with van der Waals surface area (Å²) in [5, 5.41) is 0. The molecule has 1 amide bonds. The minimum Gasteiger partial charge on any atom is -0.368 e. The van der Waals surface area contributed by atoms with Crippen molar-refractivity contribution in [2.24, 2.45) is 0 Å². The van der Waals surface area contributed by atoms with Gasteiger partial charge in [0.1, 0.15) is 18.1 Å². The van der Waals surface area contributed by atoms with Crippen molar-refractivity contribution in [2.45, 2.75) is 50.5 Å². The second-order valence-corrected chi connectivity index (χ2v) is 9.17. The largest absolute Gasteiger partial charge is 0.368 e. The second-order valence-electron chi connectivity index (χ2n) is 8.07. The van der Waals surface area contributed by atoms with Crippen LogP contribution in [0.4, 0.5) is 8.78 Å². The number of carbonyl (C=O) groups excluding carboxylic acids is 1. The molecule has 2 heterocycles. The van der Waals surface area contributed by atoms with Gasteiger partial charge in [-0.3, -0.25) is 9.52 Å². The zero-order valence-electron chi connectivity index (χ0n) is 17.6. The quantitative estimate of drug-likeness (QED) is 0.641. The molecule has 0 aliphatic carbocycles. The summed E-state index contributed by atoms with van der Waals surface area (Å²) in [6.07, 6.45) is 0.461. The SMILES string of the molecule is CCSN[C@H]1[C@@H](F)CN(C(=O)[C@H]2CCCO2)[C@H]1Cc1cccc(-c2cccc(F)c2)c1. The molecule has 0 saturated carbocycles. The lowest BCUT2D eigenvalue weighted by Crippen LogP contribution is -2.48. The van der Waals surface area contributed by atoms with Gasteiger partial charge in [-0.25, -0.2) is 8.78 Å². The van der Waals surface area contributed by atoms with E-state index < -0.39 is 18.3 Å². The molecule has 0 unspecified atom stereocenters. The van der Waals surface area contributed by atoms with Crippen LogP contribution < -0.4 is 4.72 Å². The van der Waals surface area contributed by atoms with Crippen LogP contribution >= 0.6 is 11.9 Å². The first-order valence-corrected chi connectivity index (χ1v) is 11.8. The second kappa shape index (κ2) is 10.1. The van der Waals surface area contributed by atoms with Gasteiger partial charge in [-0.1, -0.05) is 55.3 Å². The zero-order valence-corrected chi connectivity index (χ0v) is 18.4. The first kappa shape index (κ1) is 22.2. The van der Waals surface area contributed by atoms with Gasteiger partial charge in [0.05, 0.1) is 18.6 Å². The number of hydrogen-bond acceptors (Lipinski definition) is 4. The fourth-order valence-electron chi connectivity index (χ4n) is 4.44. The molecule has 2 fully saturated rings. The minimum atomic E-state index is -1.14. The van der Waals surface area contributed by atoms with E-state index in [-0.39, 0.29) is 24.3 Å². The third kappa shape index (κ3) is 5.10. The number of rotatable bonds is 7. The van der Waals surface area contributed by atoms with Gasteiger partial charge in [0.15, 0.2) is 0 Å². The smallest absolute Gasteiger partial charge is 0.252 e. The number of nitrogens with zero attached hydrogens (tertiary/aromatic N) is 1. The number of benzene rings is 2. The molecule has 31 heavy (non-hydrogen) atoms. The van der Waals surface area contributed by atoms with Crippen LogP contribution in [0.15, 0.2) is 48.5 Å². The Balaban J connectivity index is 1.59. The monoisotopic (exact) mass is 446 g/mol. The van der Waals surface area contributed by atoms with E-state index in [0.717, 1.165) is 28.9 Å². The van der Waals surface area contributed by atoms with Crippen molar-refractivity contribution >= 4 is 17.9 Å². The van der Waals surface area contributed by atoms with Crippen LogP contribution in [-0.4, -0.2) is 54.1 Å². The van der Waals surface area contributed by atoms with Crippen LogP contribution in [0.25, 0.3) is 11.1 Å². The molecule has 4 nitrogen and oxygen atoms in total. The molecule has 0 aromatic heterocycles. The lowest BCUT2D eigenvalue weighted by molar-refractivity contribution is -0.142. The first-order chi connectivity index (χ1) is 15.1. The maximum absolute atomic E-state index is 15.0. The van der Waals surface area contributed by atoms with Crippen molar-refractivity contribution in [3.8, 4) is 11.1 Å². The fraction of sp³-hybridized carbons (Fsp3) is 0.458. The average molecular weight is 447 g/mol. The molecule has 4 rings (SSSR count). The molecule has 2 aliphatic rings. The van der Waals surface area contributed by atoms with E-state index in [1.807, 2.05) is 37.3 Å². The Hall–Kier alpha value is -1.96. The van der Waals surface area contributed by atoms with E-state index in [2.05, 4.69) is 4.72 Å². The highest BCUT2D eigenvalue weighted by atomic mass is 32.2. The molecule has 0 bridgehead atoms. The predicted octanol–water partition coefficient (Wildman–Crippen LogP) is 4.39. The van der Waals surface area contributed by atoms with Gasteiger partial charge < -0.3 is 9.64 Å². The normalized spacial score (nSPS) is 25.8. The number of likely N-dealkylation sites (tertiary alicyclic amines) is 1. The van der Waals surface area contributed by atoms with E-state index >= 15 is 0 Å². The number of ether oxygens (including phenoxy) is 1. The molecule has 0 spiro atoms. The Morgan fingerprint density at radius 1 is 1.23 bits per heavy atom. The summed E-state index contributed by atoms with van der Waals surface area (Å²) in [4.78, 5) is 14.8. The molecule has 2 aliphatic heterocycles. The summed E-state index contributed by atoms with van der Waals surface area (Å²) in [6, 6.07) is 13.5. The third-order valence-corrected chi connectivity index (χ3v) is 6.68. The zero-order chi connectivity index (χ0) is 21.8. The van der Waals surface area contributed by atoms with Gasteiger partial charge in [0.2, 0.25) is 0 Å². The summed E-state index contributed by atoms with van der Waals surface area (Å²) < 4.78 is 37.5. The average Bonchev–Trinajstić information content (AvgIpc) is 3.41. The molecule has 4 atom stereocenters. The van der Waals surface area contributed by atoms with Crippen LogP contribution in [0.5, 0.6) is 0 Å². The van der Waals surface area contributed by atoms with Crippen molar-refractivity contribution < 1.29 is 18.3 Å². The lowest BCUT2D eigenvalue weighted by atomic mass is 9.96. The molecular formula is C24H28F2N2O2S. The standard InChI is InChI=1S/C24H28F2N2O2S/c1-2-31-27-23-20(26)15-28(24(29)22-10-5-11-30-22)21(23)13-16-6-3-7-17(12-16)18-8-4-9-19(25)14-18/h3-4,6-9,12,14,20-23,27H,2,5,10-11,13,15H2,1H3/t20-,21-,22+,23-/m0/s1. The summed E-state index contributed by atoms with van der Waals surface area (Å²) in [5.41, 5.74) is 2.68. The van der Waals surface area contributed by atoms with Crippen molar-refractivity contribution in [3.05, 3.63) is 59.9 Å². The van der Waals surface area contributed by atoms with Gasteiger partial charge >= 0.3 is 0 Å².